The van der Waals surface area contributed by atoms with Crippen molar-refractivity contribution in [2.75, 3.05) is 11.9 Å². The highest BCUT2D eigenvalue weighted by Gasteiger charge is 2.16. The first-order valence-corrected chi connectivity index (χ1v) is 12.7. The lowest BCUT2D eigenvalue weighted by atomic mass is 10.2. The molecule has 196 valence electrons. The third-order valence-electron chi connectivity index (χ3n) is 6.06. The lowest BCUT2D eigenvalue weighted by Crippen LogP contribution is -2.20. The van der Waals surface area contributed by atoms with Crippen molar-refractivity contribution in [3.8, 4) is 17.3 Å². The van der Waals surface area contributed by atoms with Crippen LogP contribution in [0.1, 0.15) is 5.56 Å². The van der Waals surface area contributed by atoms with Crippen LogP contribution in [0.25, 0.3) is 33.5 Å². The largest absolute Gasteiger partial charge is 0.484 e. The number of hydrogen-bond acceptors (Lipinski definition) is 6. The minimum atomic E-state index is -0.347. The number of carbonyl (C=O) groups is 1. The molecule has 2 aromatic heterocycles. The number of amides is 1. The molecule has 0 spiro atoms. The van der Waals surface area contributed by atoms with Crippen molar-refractivity contribution in [1.82, 2.24) is 9.66 Å². The van der Waals surface area contributed by atoms with E-state index in [1.54, 1.807) is 72.8 Å². The molecule has 2 heterocycles. The van der Waals surface area contributed by atoms with E-state index in [4.69, 9.17) is 25.7 Å². The monoisotopic (exact) mass is 548 g/mol. The van der Waals surface area contributed by atoms with Crippen molar-refractivity contribution in [3.63, 3.8) is 0 Å². The van der Waals surface area contributed by atoms with E-state index in [0.717, 1.165) is 5.39 Å². The van der Waals surface area contributed by atoms with Gasteiger partial charge in [0.25, 0.3) is 11.5 Å². The average Bonchev–Trinajstić information content (AvgIpc) is 3.39. The van der Waals surface area contributed by atoms with Crippen LogP contribution in [0, 0.1) is 0 Å². The zero-order valence-electron chi connectivity index (χ0n) is 21.0. The minimum absolute atomic E-state index is 0.163. The number of furan rings is 1. The van der Waals surface area contributed by atoms with Gasteiger partial charge in [-0.3, -0.25) is 9.59 Å². The Hall–Kier alpha value is -5.21. The van der Waals surface area contributed by atoms with E-state index in [1.165, 1.54) is 10.9 Å². The molecule has 6 rings (SSSR count). The molecule has 0 aliphatic rings. The van der Waals surface area contributed by atoms with Gasteiger partial charge in [-0.1, -0.05) is 54.1 Å². The van der Waals surface area contributed by atoms with Gasteiger partial charge >= 0.3 is 0 Å². The van der Waals surface area contributed by atoms with E-state index in [1.807, 2.05) is 30.3 Å². The molecule has 4 aromatic carbocycles. The summed E-state index contributed by atoms with van der Waals surface area (Å²) in [5.74, 6) is 0.817. The highest BCUT2D eigenvalue weighted by molar-refractivity contribution is 6.31. The number of carbonyl (C=O) groups excluding carboxylic acids is 1. The fourth-order valence-electron chi connectivity index (χ4n) is 4.19. The Labute approximate surface area is 233 Å². The molecule has 0 saturated heterocycles. The van der Waals surface area contributed by atoms with E-state index in [9.17, 15) is 9.59 Å². The van der Waals surface area contributed by atoms with Crippen molar-refractivity contribution in [3.05, 3.63) is 124 Å². The summed E-state index contributed by atoms with van der Waals surface area (Å²) in [6.07, 6.45) is 1.53. The summed E-state index contributed by atoms with van der Waals surface area (Å²) in [5.41, 5.74) is 2.13. The minimum Gasteiger partial charge on any atom is -0.484 e. The number of nitrogens with zero attached hydrogens (tertiary/aromatic N) is 3. The van der Waals surface area contributed by atoms with Gasteiger partial charge in [0.05, 0.1) is 17.1 Å². The summed E-state index contributed by atoms with van der Waals surface area (Å²) in [6.45, 7) is -0.163. The highest BCUT2D eigenvalue weighted by Crippen LogP contribution is 2.29. The Morgan fingerprint density at radius 1 is 0.975 bits per heavy atom. The van der Waals surface area contributed by atoms with Crippen LogP contribution in [0.2, 0.25) is 5.02 Å². The van der Waals surface area contributed by atoms with Crippen LogP contribution in [0.5, 0.6) is 5.75 Å². The first-order chi connectivity index (χ1) is 19.5. The standard InChI is InChI=1S/C31H21ClN4O4/c32-22-13-14-27-21(16-22)17-28(40-27)30-35-26-12-5-4-11-25(26)31(38)36(30)33-18-20-7-6-10-24(15-20)39-19-29(37)34-23-8-2-1-3-9-23/h1-18H,19H2,(H,34,37). The number of para-hydroxylation sites is 2. The van der Waals surface area contributed by atoms with E-state index >= 15 is 0 Å². The predicted octanol–water partition coefficient (Wildman–Crippen LogP) is 6.36. The number of halogens is 1. The maximum Gasteiger partial charge on any atom is 0.282 e. The van der Waals surface area contributed by atoms with Gasteiger partial charge in [0, 0.05) is 16.1 Å². The van der Waals surface area contributed by atoms with Gasteiger partial charge in [0.1, 0.15) is 11.3 Å². The molecular formula is C31H21ClN4O4. The number of benzene rings is 4. The molecule has 0 saturated carbocycles. The van der Waals surface area contributed by atoms with Crippen LogP contribution in [-0.4, -0.2) is 28.4 Å². The first kappa shape index (κ1) is 25.1. The number of ether oxygens (including phenoxy) is 1. The van der Waals surface area contributed by atoms with Crippen molar-refractivity contribution >= 4 is 51.3 Å². The summed E-state index contributed by atoms with van der Waals surface area (Å²) in [4.78, 5) is 30.4. The molecule has 0 unspecified atom stereocenters. The van der Waals surface area contributed by atoms with Gasteiger partial charge in [-0.25, -0.2) is 4.98 Å². The maximum absolute atomic E-state index is 13.5. The molecular weight excluding hydrogens is 528 g/mol. The maximum atomic E-state index is 13.5. The zero-order valence-corrected chi connectivity index (χ0v) is 21.7. The smallest absolute Gasteiger partial charge is 0.282 e. The Bertz CT molecular complexity index is 1950. The van der Waals surface area contributed by atoms with Crippen LogP contribution in [0.3, 0.4) is 0 Å². The summed E-state index contributed by atoms with van der Waals surface area (Å²) in [5, 5.41) is 9.03. The molecule has 1 N–H and O–H groups in total. The van der Waals surface area contributed by atoms with E-state index < -0.39 is 0 Å². The molecule has 6 aromatic rings. The third kappa shape index (κ3) is 5.34. The Morgan fingerprint density at radius 3 is 2.67 bits per heavy atom. The van der Waals surface area contributed by atoms with Crippen LogP contribution in [-0.2, 0) is 4.79 Å². The molecule has 0 aliphatic carbocycles. The SMILES string of the molecule is O=C(COc1cccc(C=Nn2c(-c3cc4cc(Cl)ccc4o3)nc3ccccc3c2=O)c1)Nc1ccccc1. The quantitative estimate of drug-likeness (QED) is 0.234. The van der Waals surface area contributed by atoms with Crippen LogP contribution in [0.4, 0.5) is 5.69 Å². The van der Waals surface area contributed by atoms with Crippen molar-refractivity contribution in [1.29, 1.82) is 0 Å². The summed E-state index contributed by atoms with van der Waals surface area (Å²) in [7, 11) is 0. The Kier molecular flexibility index (Phi) is 6.82. The number of anilines is 1. The topological polar surface area (TPSA) is 98.7 Å². The number of fused-ring (bicyclic) bond motifs is 2. The number of aromatic nitrogens is 2. The molecule has 0 aliphatic heterocycles. The molecule has 1 amide bonds. The molecule has 40 heavy (non-hydrogen) atoms. The summed E-state index contributed by atoms with van der Waals surface area (Å²) in [6, 6.07) is 30.3. The fraction of sp³-hybridized carbons (Fsp3) is 0.0323. The molecule has 0 atom stereocenters. The van der Waals surface area contributed by atoms with Gasteiger partial charge < -0.3 is 14.5 Å². The fourth-order valence-corrected chi connectivity index (χ4v) is 4.37. The third-order valence-corrected chi connectivity index (χ3v) is 6.30. The van der Waals surface area contributed by atoms with Crippen molar-refractivity contribution < 1.29 is 13.9 Å². The van der Waals surface area contributed by atoms with Crippen molar-refractivity contribution in [2.45, 2.75) is 0 Å². The van der Waals surface area contributed by atoms with Crippen LogP contribution < -0.4 is 15.6 Å². The number of nitrogens with one attached hydrogen (secondary N) is 1. The number of hydrogen-bond donors (Lipinski definition) is 1. The van der Waals surface area contributed by atoms with Crippen molar-refractivity contribution in [2.24, 2.45) is 5.10 Å². The second kappa shape index (κ2) is 10.9. The van der Waals surface area contributed by atoms with Gasteiger partial charge in [-0.15, -0.1) is 0 Å². The molecule has 0 bridgehead atoms. The second-order valence-electron chi connectivity index (χ2n) is 8.88. The molecule has 9 heteroatoms. The van der Waals surface area contributed by atoms with Gasteiger partial charge in [0.2, 0.25) is 5.82 Å². The lowest BCUT2D eigenvalue weighted by molar-refractivity contribution is -0.118. The predicted molar refractivity (Wildman–Crippen MR) is 156 cm³/mol. The van der Waals surface area contributed by atoms with Gasteiger partial charge in [-0.2, -0.15) is 9.78 Å². The Balaban J connectivity index is 1.30. The van der Waals surface area contributed by atoms with E-state index in [0.29, 0.717) is 44.3 Å². The second-order valence-corrected chi connectivity index (χ2v) is 9.32. The van der Waals surface area contributed by atoms with Gasteiger partial charge in [0.15, 0.2) is 12.4 Å². The number of rotatable bonds is 7. The summed E-state index contributed by atoms with van der Waals surface area (Å²) < 4.78 is 12.9. The van der Waals surface area contributed by atoms with Crippen LogP contribution in [0.15, 0.2) is 117 Å². The Morgan fingerprint density at radius 2 is 1.80 bits per heavy atom. The van der Waals surface area contributed by atoms with E-state index in [-0.39, 0.29) is 23.9 Å². The van der Waals surface area contributed by atoms with E-state index in [2.05, 4.69) is 10.4 Å². The molecule has 0 fully saturated rings. The average molecular weight is 549 g/mol. The molecule has 8 nitrogen and oxygen atoms in total. The summed E-state index contributed by atoms with van der Waals surface area (Å²) >= 11 is 6.15. The molecule has 0 radical (unpaired) electrons. The van der Waals surface area contributed by atoms with Gasteiger partial charge in [-0.05, 0) is 66.2 Å². The zero-order chi connectivity index (χ0) is 27.5. The first-order valence-electron chi connectivity index (χ1n) is 12.4. The van der Waals surface area contributed by atoms with Crippen LogP contribution >= 0.6 is 11.6 Å². The normalized spacial score (nSPS) is 11.3. The highest BCUT2D eigenvalue weighted by atomic mass is 35.5. The lowest BCUT2D eigenvalue weighted by Gasteiger charge is -2.08.